The number of hydrogen-bond donors (Lipinski definition) is 1. The second kappa shape index (κ2) is 7.13. The van der Waals surface area contributed by atoms with E-state index in [1.54, 1.807) is 45.3 Å². The molecule has 1 aromatic heterocycles. The van der Waals surface area contributed by atoms with Gasteiger partial charge in [0.05, 0.1) is 10.8 Å². The van der Waals surface area contributed by atoms with Gasteiger partial charge in [-0.05, 0) is 44.0 Å². The zero-order chi connectivity index (χ0) is 17.8. The summed E-state index contributed by atoms with van der Waals surface area (Å²) in [5.41, 5.74) is 1.72. The first-order chi connectivity index (χ1) is 11.2. The number of carbonyl (C=O) groups is 1. The molecule has 1 aromatic carbocycles. The minimum absolute atomic E-state index is 0.420. The van der Waals surface area contributed by atoms with Crippen LogP contribution in [0.25, 0.3) is 0 Å². The molecule has 0 bridgehead atoms. The van der Waals surface area contributed by atoms with Crippen LogP contribution in [0, 0.1) is 0 Å². The van der Waals surface area contributed by atoms with Gasteiger partial charge < -0.3 is 5.32 Å². The number of amides is 1. The molecule has 0 saturated heterocycles. The number of nitrogens with one attached hydrogen (secondary N) is 1. The third-order valence-corrected chi connectivity index (χ3v) is 6.24. The van der Waals surface area contributed by atoms with E-state index in [1.165, 1.54) is 0 Å². The summed E-state index contributed by atoms with van der Waals surface area (Å²) in [5, 5.41) is 2.83. The third kappa shape index (κ3) is 4.41. The summed E-state index contributed by atoms with van der Waals surface area (Å²) >= 11 is 0. The Morgan fingerprint density at radius 2 is 1.58 bits per heavy atom. The number of rotatable bonds is 5. The fourth-order valence-corrected chi connectivity index (χ4v) is 3.01. The summed E-state index contributed by atoms with van der Waals surface area (Å²) in [6.07, 6.45) is 3.28. The van der Waals surface area contributed by atoms with Gasteiger partial charge in [-0.25, -0.2) is 8.42 Å². The van der Waals surface area contributed by atoms with Crippen molar-refractivity contribution in [3.05, 3.63) is 66.0 Å². The Morgan fingerprint density at radius 3 is 2.12 bits per heavy atom. The Hall–Kier alpha value is -2.21. The molecule has 0 aliphatic rings. The Labute approximate surface area is 143 Å². The smallest absolute Gasteiger partial charge is 0.235 e. The summed E-state index contributed by atoms with van der Waals surface area (Å²) in [4.78, 5) is 16.3. The first kappa shape index (κ1) is 18.1. The molecular weight excluding hydrogens is 324 g/mol. The highest BCUT2D eigenvalue weighted by atomic mass is 32.2. The SMILES string of the molecule is CC(C)(C)S(=O)(=O)CC(=O)NC(c1ccccc1)c1ccncc1. The first-order valence-electron chi connectivity index (χ1n) is 7.67. The molecule has 5 nitrogen and oxygen atoms in total. The molecule has 1 unspecified atom stereocenters. The molecule has 0 saturated carbocycles. The van der Waals surface area contributed by atoms with Crippen LogP contribution in [0.15, 0.2) is 54.9 Å². The van der Waals surface area contributed by atoms with E-state index >= 15 is 0 Å². The van der Waals surface area contributed by atoms with Gasteiger partial charge in [-0.15, -0.1) is 0 Å². The maximum absolute atomic E-state index is 12.4. The molecule has 2 aromatic rings. The largest absolute Gasteiger partial charge is 0.344 e. The maximum atomic E-state index is 12.4. The Kier molecular flexibility index (Phi) is 5.39. The van der Waals surface area contributed by atoms with Crippen molar-refractivity contribution in [1.82, 2.24) is 10.3 Å². The summed E-state index contributed by atoms with van der Waals surface area (Å²) in [6, 6.07) is 12.6. The minimum atomic E-state index is -3.53. The summed E-state index contributed by atoms with van der Waals surface area (Å²) in [7, 11) is -3.53. The molecule has 1 amide bonds. The Bertz CT molecular complexity index is 743. The summed E-state index contributed by atoms with van der Waals surface area (Å²) < 4.78 is 23.5. The normalized spacial score (nSPS) is 13.3. The number of sulfone groups is 1. The van der Waals surface area contributed by atoms with Crippen LogP contribution in [0.4, 0.5) is 0 Å². The van der Waals surface area contributed by atoms with Crippen LogP contribution in [-0.4, -0.2) is 29.8 Å². The van der Waals surface area contributed by atoms with Crippen molar-refractivity contribution in [2.24, 2.45) is 0 Å². The molecule has 0 aliphatic heterocycles. The quantitative estimate of drug-likeness (QED) is 0.902. The van der Waals surface area contributed by atoms with Crippen molar-refractivity contribution in [3.8, 4) is 0 Å². The predicted octanol–water partition coefficient (Wildman–Crippen LogP) is 2.50. The van der Waals surface area contributed by atoms with E-state index in [1.807, 2.05) is 30.3 Å². The van der Waals surface area contributed by atoms with Crippen molar-refractivity contribution < 1.29 is 13.2 Å². The van der Waals surface area contributed by atoms with E-state index in [9.17, 15) is 13.2 Å². The molecule has 24 heavy (non-hydrogen) atoms. The van der Waals surface area contributed by atoms with Gasteiger partial charge in [-0.2, -0.15) is 0 Å². The van der Waals surface area contributed by atoms with Crippen molar-refractivity contribution in [2.75, 3.05) is 5.75 Å². The third-order valence-electron chi connectivity index (χ3n) is 3.73. The number of hydrogen-bond acceptors (Lipinski definition) is 4. The zero-order valence-electron chi connectivity index (χ0n) is 14.1. The molecule has 2 rings (SSSR count). The van der Waals surface area contributed by atoms with E-state index in [0.29, 0.717) is 0 Å². The van der Waals surface area contributed by atoms with Gasteiger partial charge in [-0.1, -0.05) is 30.3 Å². The second-order valence-electron chi connectivity index (χ2n) is 6.56. The lowest BCUT2D eigenvalue weighted by Gasteiger charge is -2.22. The minimum Gasteiger partial charge on any atom is -0.344 e. The summed E-state index contributed by atoms with van der Waals surface area (Å²) in [5.74, 6) is -1.05. The Morgan fingerprint density at radius 1 is 1.04 bits per heavy atom. The lowest BCUT2D eigenvalue weighted by Crippen LogP contribution is -2.39. The van der Waals surface area contributed by atoms with Gasteiger partial charge in [0.2, 0.25) is 5.91 Å². The number of aromatic nitrogens is 1. The molecule has 0 spiro atoms. The fraction of sp³-hybridized carbons (Fsp3) is 0.333. The highest BCUT2D eigenvalue weighted by Gasteiger charge is 2.32. The van der Waals surface area contributed by atoms with Gasteiger partial charge in [-0.3, -0.25) is 9.78 Å². The molecule has 1 N–H and O–H groups in total. The maximum Gasteiger partial charge on any atom is 0.235 e. The molecule has 0 fully saturated rings. The Balaban J connectivity index is 2.26. The van der Waals surface area contributed by atoms with E-state index in [-0.39, 0.29) is 0 Å². The number of benzene rings is 1. The number of nitrogens with zero attached hydrogens (tertiary/aromatic N) is 1. The molecule has 6 heteroatoms. The number of carbonyl (C=O) groups excluding carboxylic acids is 1. The van der Waals surface area contributed by atoms with Crippen LogP contribution in [0.2, 0.25) is 0 Å². The average Bonchev–Trinajstić information content (AvgIpc) is 2.53. The van der Waals surface area contributed by atoms with E-state index in [0.717, 1.165) is 11.1 Å². The van der Waals surface area contributed by atoms with Crippen LogP contribution in [0.3, 0.4) is 0 Å². The van der Waals surface area contributed by atoms with Crippen LogP contribution in [0.5, 0.6) is 0 Å². The van der Waals surface area contributed by atoms with Gasteiger partial charge in [0.1, 0.15) is 5.75 Å². The van der Waals surface area contributed by atoms with Gasteiger partial charge in [0.15, 0.2) is 9.84 Å². The van der Waals surface area contributed by atoms with Crippen LogP contribution < -0.4 is 5.32 Å². The highest BCUT2D eigenvalue weighted by molar-refractivity contribution is 7.93. The van der Waals surface area contributed by atoms with Crippen LogP contribution >= 0.6 is 0 Å². The van der Waals surface area contributed by atoms with E-state index in [4.69, 9.17) is 0 Å². The average molecular weight is 346 g/mol. The van der Waals surface area contributed by atoms with Crippen molar-refractivity contribution in [2.45, 2.75) is 31.6 Å². The first-order valence-corrected chi connectivity index (χ1v) is 9.32. The van der Waals surface area contributed by atoms with Crippen LogP contribution in [-0.2, 0) is 14.6 Å². The van der Waals surface area contributed by atoms with Gasteiger partial charge in [0.25, 0.3) is 0 Å². The van der Waals surface area contributed by atoms with E-state index in [2.05, 4.69) is 10.3 Å². The lowest BCUT2D eigenvalue weighted by molar-refractivity contribution is -0.119. The second-order valence-corrected chi connectivity index (χ2v) is 9.31. The molecule has 0 radical (unpaired) electrons. The fourth-order valence-electron chi connectivity index (χ4n) is 2.15. The van der Waals surface area contributed by atoms with Crippen LogP contribution in [0.1, 0.15) is 37.9 Å². The van der Waals surface area contributed by atoms with Crippen molar-refractivity contribution >= 4 is 15.7 Å². The standard InChI is InChI=1S/C18H22N2O3S/c1-18(2,3)24(22,23)13-16(21)20-17(14-7-5-4-6-8-14)15-9-11-19-12-10-15/h4-12,17H,13H2,1-3H3,(H,20,21). The summed E-state index contributed by atoms with van der Waals surface area (Å²) in [6.45, 7) is 4.77. The monoisotopic (exact) mass is 346 g/mol. The lowest BCUT2D eigenvalue weighted by atomic mass is 10.00. The molecule has 1 atom stereocenters. The molecule has 0 aliphatic carbocycles. The van der Waals surface area contributed by atoms with Crippen molar-refractivity contribution in [1.29, 1.82) is 0 Å². The molecule has 1 heterocycles. The molecular formula is C18H22N2O3S. The van der Waals surface area contributed by atoms with Gasteiger partial charge in [0, 0.05) is 12.4 Å². The number of pyridine rings is 1. The predicted molar refractivity (Wildman–Crippen MR) is 94.2 cm³/mol. The molecule has 128 valence electrons. The zero-order valence-corrected chi connectivity index (χ0v) is 14.9. The van der Waals surface area contributed by atoms with E-state index < -0.39 is 32.3 Å². The van der Waals surface area contributed by atoms with Gasteiger partial charge >= 0.3 is 0 Å². The topological polar surface area (TPSA) is 76.1 Å². The highest BCUT2D eigenvalue weighted by Crippen LogP contribution is 2.22. The van der Waals surface area contributed by atoms with Crippen molar-refractivity contribution in [3.63, 3.8) is 0 Å².